The topological polar surface area (TPSA) is 57.7 Å². The molecule has 2 unspecified atom stereocenters. The molecule has 120 valence electrons. The van der Waals surface area contributed by atoms with Crippen LogP contribution in [0.3, 0.4) is 0 Å². The van der Waals surface area contributed by atoms with Crippen molar-refractivity contribution in [1.82, 2.24) is 9.21 Å². The fourth-order valence-electron chi connectivity index (χ4n) is 4.04. The number of sulfonamides is 1. The van der Waals surface area contributed by atoms with Gasteiger partial charge in [-0.15, -0.1) is 0 Å². The van der Waals surface area contributed by atoms with Crippen LogP contribution in [0.1, 0.15) is 44.9 Å². The van der Waals surface area contributed by atoms with Crippen LogP contribution in [0.4, 0.5) is 0 Å². The van der Waals surface area contributed by atoms with Gasteiger partial charge in [-0.2, -0.15) is 4.31 Å². The van der Waals surface area contributed by atoms with Crippen molar-refractivity contribution >= 4 is 15.9 Å². The highest BCUT2D eigenvalue weighted by Crippen LogP contribution is 2.38. The maximum atomic E-state index is 12.8. The van der Waals surface area contributed by atoms with E-state index in [-0.39, 0.29) is 5.91 Å². The lowest BCUT2D eigenvalue weighted by Crippen LogP contribution is -2.52. The smallest absolute Gasteiger partial charge is 0.241 e. The van der Waals surface area contributed by atoms with E-state index in [2.05, 4.69) is 0 Å². The van der Waals surface area contributed by atoms with Crippen LogP contribution in [0.25, 0.3) is 0 Å². The minimum absolute atomic E-state index is 0.0435. The number of piperidine rings is 1. The molecule has 1 amide bonds. The molecule has 0 aromatic carbocycles. The summed E-state index contributed by atoms with van der Waals surface area (Å²) in [5, 5.41) is 0. The third kappa shape index (κ3) is 3.11. The van der Waals surface area contributed by atoms with Gasteiger partial charge in [0, 0.05) is 19.6 Å². The van der Waals surface area contributed by atoms with Gasteiger partial charge in [0.1, 0.15) is 6.04 Å². The summed E-state index contributed by atoms with van der Waals surface area (Å²) >= 11 is 0. The first-order valence-electron chi connectivity index (χ1n) is 8.22. The van der Waals surface area contributed by atoms with Crippen molar-refractivity contribution in [3.8, 4) is 0 Å². The molecule has 2 aliphatic heterocycles. The normalized spacial score (nSPS) is 32.1. The minimum Gasteiger partial charge on any atom is -0.341 e. The highest BCUT2D eigenvalue weighted by molar-refractivity contribution is 7.88. The highest BCUT2D eigenvalue weighted by atomic mass is 32.2. The molecule has 2 heterocycles. The van der Waals surface area contributed by atoms with Crippen LogP contribution < -0.4 is 0 Å². The van der Waals surface area contributed by atoms with Crippen molar-refractivity contribution in [3.63, 3.8) is 0 Å². The number of hydrogen-bond donors (Lipinski definition) is 0. The average molecular weight is 314 g/mol. The maximum absolute atomic E-state index is 12.8. The van der Waals surface area contributed by atoms with Gasteiger partial charge in [0.05, 0.1) is 6.26 Å². The second-order valence-corrected chi connectivity index (χ2v) is 8.84. The second kappa shape index (κ2) is 5.88. The zero-order valence-corrected chi connectivity index (χ0v) is 13.6. The first kappa shape index (κ1) is 15.3. The number of rotatable bonds is 3. The Hall–Kier alpha value is -0.620. The van der Waals surface area contributed by atoms with Gasteiger partial charge < -0.3 is 4.90 Å². The summed E-state index contributed by atoms with van der Waals surface area (Å²) in [5.41, 5.74) is 0. The van der Waals surface area contributed by atoms with E-state index in [9.17, 15) is 13.2 Å². The standard InChI is InChI=1S/C15H26N2O3S/c1-21(19,20)17-9-3-2-7-14(17)15(18)16-10-8-13(11-16)12-5-4-6-12/h12-14H,2-11H2,1H3. The van der Waals surface area contributed by atoms with Gasteiger partial charge in [-0.05, 0) is 31.1 Å². The molecule has 0 bridgehead atoms. The minimum atomic E-state index is -3.29. The Morgan fingerprint density at radius 3 is 2.33 bits per heavy atom. The van der Waals surface area contributed by atoms with E-state index in [0.29, 0.717) is 18.9 Å². The summed E-state index contributed by atoms with van der Waals surface area (Å²) in [6, 6.07) is -0.450. The predicted octanol–water partition coefficient (Wildman–Crippen LogP) is 1.45. The summed E-state index contributed by atoms with van der Waals surface area (Å²) in [6.45, 7) is 2.15. The van der Waals surface area contributed by atoms with E-state index < -0.39 is 16.1 Å². The average Bonchev–Trinajstić information content (AvgIpc) is 2.84. The Kier molecular flexibility index (Phi) is 4.28. The van der Waals surface area contributed by atoms with Gasteiger partial charge in [0.25, 0.3) is 0 Å². The van der Waals surface area contributed by atoms with Gasteiger partial charge in [-0.1, -0.05) is 25.7 Å². The first-order chi connectivity index (χ1) is 9.97. The molecule has 2 atom stereocenters. The quantitative estimate of drug-likeness (QED) is 0.792. The molecule has 5 nitrogen and oxygen atoms in total. The molecule has 21 heavy (non-hydrogen) atoms. The fraction of sp³-hybridized carbons (Fsp3) is 0.933. The van der Waals surface area contributed by atoms with E-state index in [1.54, 1.807) is 0 Å². The molecule has 0 aromatic rings. The molecular weight excluding hydrogens is 288 g/mol. The molecule has 1 saturated carbocycles. The first-order valence-corrected chi connectivity index (χ1v) is 10.1. The van der Waals surface area contributed by atoms with Crippen LogP contribution in [0.15, 0.2) is 0 Å². The van der Waals surface area contributed by atoms with Crippen molar-refractivity contribution in [2.45, 2.75) is 51.0 Å². The van der Waals surface area contributed by atoms with Gasteiger partial charge in [-0.3, -0.25) is 4.79 Å². The van der Waals surface area contributed by atoms with Crippen molar-refractivity contribution in [2.75, 3.05) is 25.9 Å². The van der Waals surface area contributed by atoms with Crippen molar-refractivity contribution in [3.05, 3.63) is 0 Å². The molecule has 6 heteroatoms. The zero-order chi connectivity index (χ0) is 15.0. The molecule has 2 saturated heterocycles. The number of nitrogens with zero attached hydrogens (tertiary/aromatic N) is 2. The van der Waals surface area contributed by atoms with Crippen LogP contribution in [0, 0.1) is 11.8 Å². The third-order valence-corrected chi connectivity index (χ3v) is 6.81. The number of amides is 1. The molecule has 3 rings (SSSR count). The molecule has 0 aromatic heterocycles. The summed E-state index contributed by atoms with van der Waals surface area (Å²) in [5.74, 6) is 1.50. The largest absolute Gasteiger partial charge is 0.341 e. The van der Waals surface area contributed by atoms with E-state index >= 15 is 0 Å². The summed E-state index contributed by atoms with van der Waals surface area (Å²) < 4.78 is 25.2. The van der Waals surface area contributed by atoms with Crippen LogP contribution >= 0.6 is 0 Å². The summed E-state index contributed by atoms with van der Waals surface area (Å²) in [4.78, 5) is 14.7. The van der Waals surface area contributed by atoms with E-state index in [1.807, 2.05) is 4.90 Å². The molecule has 0 N–H and O–H groups in total. The van der Waals surface area contributed by atoms with Crippen LogP contribution in [0.5, 0.6) is 0 Å². The van der Waals surface area contributed by atoms with E-state index in [1.165, 1.54) is 29.8 Å². The summed E-state index contributed by atoms with van der Waals surface area (Å²) in [7, 11) is -3.29. The fourth-order valence-corrected chi connectivity index (χ4v) is 5.16. The zero-order valence-electron chi connectivity index (χ0n) is 12.8. The number of likely N-dealkylation sites (tertiary alicyclic amines) is 1. The molecular formula is C15H26N2O3S. The Labute approximate surface area is 127 Å². The van der Waals surface area contributed by atoms with Crippen LogP contribution in [0.2, 0.25) is 0 Å². The Balaban J connectivity index is 1.66. The van der Waals surface area contributed by atoms with Crippen LogP contribution in [-0.4, -0.2) is 55.5 Å². The second-order valence-electron chi connectivity index (χ2n) is 6.91. The summed E-state index contributed by atoms with van der Waals surface area (Å²) in [6.07, 6.45) is 8.76. The van der Waals surface area contributed by atoms with Gasteiger partial charge in [-0.25, -0.2) is 8.42 Å². The number of hydrogen-bond acceptors (Lipinski definition) is 3. The number of carbonyl (C=O) groups is 1. The third-order valence-electron chi connectivity index (χ3n) is 5.52. The van der Waals surface area contributed by atoms with Crippen molar-refractivity contribution < 1.29 is 13.2 Å². The molecule has 3 fully saturated rings. The lowest BCUT2D eigenvalue weighted by atomic mass is 9.75. The van der Waals surface area contributed by atoms with E-state index in [0.717, 1.165) is 38.3 Å². The monoisotopic (exact) mass is 314 g/mol. The van der Waals surface area contributed by atoms with Gasteiger partial charge in [0.2, 0.25) is 15.9 Å². The van der Waals surface area contributed by atoms with Crippen molar-refractivity contribution in [2.24, 2.45) is 11.8 Å². The molecule has 1 aliphatic carbocycles. The number of carbonyl (C=O) groups excluding carboxylic acids is 1. The lowest BCUT2D eigenvalue weighted by Gasteiger charge is -2.35. The molecule has 0 radical (unpaired) electrons. The molecule has 3 aliphatic rings. The van der Waals surface area contributed by atoms with Crippen LogP contribution in [-0.2, 0) is 14.8 Å². The predicted molar refractivity (Wildman–Crippen MR) is 81.2 cm³/mol. The van der Waals surface area contributed by atoms with Crippen molar-refractivity contribution in [1.29, 1.82) is 0 Å². The lowest BCUT2D eigenvalue weighted by molar-refractivity contribution is -0.135. The Morgan fingerprint density at radius 2 is 1.71 bits per heavy atom. The van der Waals surface area contributed by atoms with Gasteiger partial charge in [0.15, 0.2) is 0 Å². The SMILES string of the molecule is CS(=O)(=O)N1CCCCC1C(=O)N1CCC(C2CCC2)C1. The Bertz CT molecular complexity index is 501. The maximum Gasteiger partial charge on any atom is 0.241 e. The Morgan fingerprint density at radius 1 is 0.952 bits per heavy atom. The van der Waals surface area contributed by atoms with E-state index in [4.69, 9.17) is 0 Å². The van der Waals surface area contributed by atoms with Gasteiger partial charge >= 0.3 is 0 Å². The molecule has 0 spiro atoms. The highest BCUT2D eigenvalue weighted by Gasteiger charge is 2.40.